The van der Waals surface area contributed by atoms with Crippen LogP contribution in [0.1, 0.15) is 0 Å². The number of hydrogen-bond donors (Lipinski definition) is 1. The highest BCUT2D eigenvalue weighted by molar-refractivity contribution is 5.65. The summed E-state index contributed by atoms with van der Waals surface area (Å²) in [6.07, 6.45) is 3.56. The van der Waals surface area contributed by atoms with Crippen molar-refractivity contribution in [2.24, 2.45) is 0 Å². The molecular formula is C13H16N2O2. The fourth-order valence-electron chi connectivity index (χ4n) is 2.19. The van der Waals surface area contributed by atoms with Gasteiger partial charge in [-0.25, -0.2) is 0 Å². The average molecular weight is 232 g/mol. The number of benzene rings is 1. The zero-order valence-electron chi connectivity index (χ0n) is 9.69. The highest BCUT2D eigenvalue weighted by Gasteiger charge is 2.19. The summed E-state index contributed by atoms with van der Waals surface area (Å²) in [4.78, 5) is 2.34. The summed E-state index contributed by atoms with van der Waals surface area (Å²) in [5, 5.41) is 3.35. The molecule has 0 aromatic heterocycles. The van der Waals surface area contributed by atoms with Crippen molar-refractivity contribution in [2.45, 2.75) is 0 Å². The van der Waals surface area contributed by atoms with E-state index in [2.05, 4.69) is 16.3 Å². The quantitative estimate of drug-likeness (QED) is 0.793. The topological polar surface area (TPSA) is 33.7 Å². The van der Waals surface area contributed by atoms with Gasteiger partial charge in [0.1, 0.15) is 6.61 Å². The fraction of sp³-hybridized carbons (Fsp3) is 0.385. The number of fused-ring (bicyclic) bond motifs is 1. The lowest BCUT2D eigenvalue weighted by atomic mass is 10.2. The first-order valence-corrected chi connectivity index (χ1v) is 5.98. The zero-order chi connectivity index (χ0) is 11.5. The molecule has 1 aromatic carbocycles. The largest absolute Gasteiger partial charge is 0.483 e. The number of ether oxygens (including phenoxy) is 2. The van der Waals surface area contributed by atoms with E-state index in [-0.39, 0.29) is 0 Å². The lowest BCUT2D eigenvalue weighted by molar-refractivity contribution is 0.356. The van der Waals surface area contributed by atoms with Crippen molar-refractivity contribution in [3.63, 3.8) is 0 Å². The van der Waals surface area contributed by atoms with Crippen LogP contribution in [0, 0.1) is 0 Å². The SMILES string of the molecule is C1=COc2cccc(N3CCNCC3)c2OC1. The summed E-state index contributed by atoms with van der Waals surface area (Å²) in [5.74, 6) is 1.66. The van der Waals surface area contributed by atoms with Crippen LogP contribution < -0.4 is 19.7 Å². The minimum atomic E-state index is 0.566. The van der Waals surface area contributed by atoms with Crippen molar-refractivity contribution >= 4 is 5.69 Å². The molecule has 0 aliphatic carbocycles. The molecule has 0 unspecified atom stereocenters. The molecule has 0 saturated carbocycles. The third kappa shape index (κ3) is 2.08. The van der Waals surface area contributed by atoms with E-state index in [9.17, 15) is 0 Å². The predicted octanol–water partition coefficient (Wildman–Crippen LogP) is 1.38. The lowest BCUT2D eigenvalue weighted by Gasteiger charge is -2.30. The molecule has 1 aromatic rings. The van der Waals surface area contributed by atoms with E-state index in [1.807, 2.05) is 18.2 Å². The van der Waals surface area contributed by atoms with Crippen LogP contribution in [-0.4, -0.2) is 32.8 Å². The van der Waals surface area contributed by atoms with Crippen molar-refractivity contribution in [1.82, 2.24) is 5.32 Å². The van der Waals surface area contributed by atoms with Crippen LogP contribution in [0.15, 0.2) is 30.5 Å². The van der Waals surface area contributed by atoms with Gasteiger partial charge >= 0.3 is 0 Å². The predicted molar refractivity (Wildman–Crippen MR) is 66.8 cm³/mol. The highest BCUT2D eigenvalue weighted by Crippen LogP contribution is 2.38. The normalized spacial score (nSPS) is 18.9. The number of nitrogens with zero attached hydrogens (tertiary/aromatic N) is 1. The van der Waals surface area contributed by atoms with Gasteiger partial charge in [0.15, 0.2) is 11.5 Å². The third-order valence-corrected chi connectivity index (χ3v) is 3.03. The summed E-state index contributed by atoms with van der Waals surface area (Å²) >= 11 is 0. The van der Waals surface area contributed by atoms with Gasteiger partial charge in [0, 0.05) is 26.2 Å². The minimum Gasteiger partial charge on any atom is -0.483 e. The summed E-state index contributed by atoms with van der Waals surface area (Å²) in [6.45, 7) is 4.61. The van der Waals surface area contributed by atoms with Gasteiger partial charge in [-0.15, -0.1) is 0 Å². The first-order chi connectivity index (χ1) is 8.45. The van der Waals surface area contributed by atoms with Gasteiger partial charge < -0.3 is 19.7 Å². The highest BCUT2D eigenvalue weighted by atomic mass is 16.5. The molecule has 0 radical (unpaired) electrons. The Bertz CT molecular complexity index is 425. The number of rotatable bonds is 1. The van der Waals surface area contributed by atoms with Crippen LogP contribution in [0.2, 0.25) is 0 Å². The Hall–Kier alpha value is -1.68. The van der Waals surface area contributed by atoms with Crippen LogP contribution in [0.25, 0.3) is 0 Å². The number of hydrogen-bond acceptors (Lipinski definition) is 4. The van der Waals surface area contributed by atoms with Crippen molar-refractivity contribution in [1.29, 1.82) is 0 Å². The summed E-state index contributed by atoms with van der Waals surface area (Å²) < 4.78 is 11.3. The first kappa shape index (κ1) is 10.5. The van der Waals surface area contributed by atoms with E-state index < -0.39 is 0 Å². The summed E-state index contributed by atoms with van der Waals surface area (Å²) in [7, 11) is 0. The van der Waals surface area contributed by atoms with Crippen molar-refractivity contribution in [3.05, 3.63) is 30.5 Å². The summed E-state index contributed by atoms with van der Waals surface area (Å²) in [5.41, 5.74) is 1.13. The Labute approximate surface area is 101 Å². The second kappa shape index (κ2) is 4.67. The Kier molecular flexibility index (Phi) is 2.88. The van der Waals surface area contributed by atoms with Crippen LogP contribution in [0.5, 0.6) is 11.5 Å². The third-order valence-electron chi connectivity index (χ3n) is 3.03. The second-order valence-corrected chi connectivity index (χ2v) is 4.14. The molecule has 1 N–H and O–H groups in total. The Balaban J connectivity index is 1.94. The van der Waals surface area contributed by atoms with E-state index in [0.29, 0.717) is 6.61 Å². The summed E-state index contributed by atoms with van der Waals surface area (Å²) in [6, 6.07) is 6.05. The standard InChI is InChI=1S/C13H16N2O2/c1-3-11(15-7-5-14-6-8-15)13-12(4-1)16-9-2-10-17-13/h1-4,9,14H,5-8,10H2. The molecule has 1 saturated heterocycles. The number of piperazine rings is 1. The van der Waals surface area contributed by atoms with E-state index in [4.69, 9.17) is 9.47 Å². The molecule has 4 heteroatoms. The maximum atomic E-state index is 5.76. The van der Waals surface area contributed by atoms with E-state index in [1.165, 1.54) is 0 Å². The molecule has 0 amide bonds. The Morgan fingerprint density at radius 2 is 2.06 bits per heavy atom. The molecule has 3 rings (SSSR count). The maximum Gasteiger partial charge on any atom is 0.185 e. The van der Waals surface area contributed by atoms with Gasteiger partial charge in [-0.05, 0) is 18.2 Å². The number of anilines is 1. The zero-order valence-corrected chi connectivity index (χ0v) is 9.69. The molecule has 0 bridgehead atoms. The number of para-hydroxylation sites is 1. The average Bonchev–Trinajstić information content (AvgIpc) is 2.64. The first-order valence-electron chi connectivity index (χ1n) is 5.98. The molecule has 0 spiro atoms. The molecule has 17 heavy (non-hydrogen) atoms. The van der Waals surface area contributed by atoms with Gasteiger partial charge in [-0.2, -0.15) is 0 Å². The Morgan fingerprint density at radius 1 is 1.18 bits per heavy atom. The number of nitrogens with one attached hydrogen (secondary N) is 1. The van der Waals surface area contributed by atoms with Crippen LogP contribution in [0.3, 0.4) is 0 Å². The van der Waals surface area contributed by atoms with Gasteiger partial charge in [0.2, 0.25) is 0 Å². The van der Waals surface area contributed by atoms with Gasteiger partial charge in [0.05, 0.1) is 11.9 Å². The van der Waals surface area contributed by atoms with Crippen LogP contribution >= 0.6 is 0 Å². The minimum absolute atomic E-state index is 0.566. The van der Waals surface area contributed by atoms with E-state index >= 15 is 0 Å². The van der Waals surface area contributed by atoms with E-state index in [1.54, 1.807) is 6.26 Å². The smallest absolute Gasteiger partial charge is 0.185 e. The van der Waals surface area contributed by atoms with Crippen LogP contribution in [-0.2, 0) is 0 Å². The molecule has 2 aliphatic rings. The molecule has 2 aliphatic heterocycles. The maximum absolute atomic E-state index is 5.76. The van der Waals surface area contributed by atoms with Gasteiger partial charge in [-0.3, -0.25) is 0 Å². The van der Waals surface area contributed by atoms with Crippen LogP contribution in [0.4, 0.5) is 5.69 Å². The fourth-order valence-corrected chi connectivity index (χ4v) is 2.19. The van der Waals surface area contributed by atoms with Crippen molar-refractivity contribution < 1.29 is 9.47 Å². The molecule has 0 atom stereocenters. The molecule has 1 fully saturated rings. The van der Waals surface area contributed by atoms with Gasteiger partial charge in [0.25, 0.3) is 0 Å². The molecule has 2 heterocycles. The Morgan fingerprint density at radius 3 is 2.94 bits per heavy atom. The van der Waals surface area contributed by atoms with Crippen molar-refractivity contribution in [2.75, 3.05) is 37.7 Å². The van der Waals surface area contributed by atoms with E-state index in [0.717, 1.165) is 43.4 Å². The van der Waals surface area contributed by atoms with Gasteiger partial charge in [-0.1, -0.05) is 6.07 Å². The monoisotopic (exact) mass is 232 g/mol. The molecule has 90 valence electrons. The van der Waals surface area contributed by atoms with Crippen molar-refractivity contribution in [3.8, 4) is 11.5 Å². The second-order valence-electron chi connectivity index (χ2n) is 4.14. The molecular weight excluding hydrogens is 216 g/mol. The molecule has 4 nitrogen and oxygen atoms in total. The lowest BCUT2D eigenvalue weighted by Crippen LogP contribution is -2.43.